The van der Waals surface area contributed by atoms with Crippen molar-refractivity contribution < 1.29 is 9.53 Å². The van der Waals surface area contributed by atoms with Crippen LogP contribution in [0.15, 0.2) is 18.3 Å². The Morgan fingerprint density at radius 1 is 1.59 bits per heavy atom. The maximum atomic E-state index is 12.3. The summed E-state index contributed by atoms with van der Waals surface area (Å²) in [7, 11) is 0. The molecule has 2 fully saturated rings. The maximum absolute atomic E-state index is 12.3. The van der Waals surface area contributed by atoms with Gasteiger partial charge in [-0.2, -0.15) is 5.10 Å². The van der Waals surface area contributed by atoms with Crippen LogP contribution in [0.3, 0.4) is 0 Å². The van der Waals surface area contributed by atoms with Crippen molar-refractivity contribution in [2.24, 2.45) is 0 Å². The molecule has 0 saturated carbocycles. The predicted molar refractivity (Wildman–Crippen MR) is 82.6 cm³/mol. The van der Waals surface area contributed by atoms with Gasteiger partial charge in [-0.3, -0.25) is 4.79 Å². The number of rotatable bonds is 4. The highest BCUT2D eigenvalue weighted by Gasteiger charge is 2.30. The molecule has 0 radical (unpaired) electrons. The largest absolute Gasteiger partial charge is 0.375 e. The molecule has 1 amide bonds. The minimum atomic E-state index is -0.264. The van der Waals surface area contributed by atoms with Gasteiger partial charge in [0.1, 0.15) is 6.04 Å². The maximum Gasteiger partial charge on any atom is 0.239 e. The van der Waals surface area contributed by atoms with E-state index in [0.717, 1.165) is 31.7 Å². The zero-order chi connectivity index (χ0) is 15.4. The van der Waals surface area contributed by atoms with Gasteiger partial charge in [0.05, 0.1) is 12.7 Å². The quantitative estimate of drug-likeness (QED) is 0.811. The predicted octanol–water partition coefficient (Wildman–Crippen LogP) is -0.0615. The van der Waals surface area contributed by atoms with Gasteiger partial charge in [0, 0.05) is 31.9 Å². The second-order valence-electron chi connectivity index (χ2n) is 5.82. The van der Waals surface area contributed by atoms with E-state index in [-0.39, 0.29) is 24.1 Å². The van der Waals surface area contributed by atoms with Crippen molar-refractivity contribution in [2.45, 2.75) is 38.0 Å². The second kappa shape index (κ2) is 7.02. The van der Waals surface area contributed by atoms with Gasteiger partial charge >= 0.3 is 0 Å². The van der Waals surface area contributed by atoms with Crippen molar-refractivity contribution in [1.29, 1.82) is 0 Å². The molecule has 0 aliphatic carbocycles. The van der Waals surface area contributed by atoms with E-state index in [2.05, 4.69) is 25.7 Å². The third kappa shape index (κ3) is 3.36. The molecule has 3 rings (SSSR count). The monoisotopic (exact) mass is 305 g/mol. The summed E-state index contributed by atoms with van der Waals surface area (Å²) in [6.45, 7) is 4.89. The Morgan fingerprint density at radius 2 is 2.50 bits per heavy atom. The molecule has 2 N–H and O–H groups in total. The molecular formula is C15H23N5O2. The van der Waals surface area contributed by atoms with Crippen LogP contribution in [0.4, 0.5) is 5.82 Å². The summed E-state index contributed by atoms with van der Waals surface area (Å²) in [5.74, 6) is 0.893. The normalized spacial score (nSPS) is 28.6. The Bertz CT molecular complexity index is 498. The fourth-order valence-corrected chi connectivity index (χ4v) is 3.15. The van der Waals surface area contributed by atoms with Gasteiger partial charge in [-0.25, -0.2) is 0 Å². The van der Waals surface area contributed by atoms with E-state index in [1.54, 1.807) is 6.20 Å². The van der Waals surface area contributed by atoms with Crippen LogP contribution in [-0.4, -0.2) is 60.5 Å². The summed E-state index contributed by atoms with van der Waals surface area (Å²) < 4.78 is 5.52. The lowest BCUT2D eigenvalue weighted by Crippen LogP contribution is -2.56. The molecule has 22 heavy (non-hydrogen) atoms. The average molecular weight is 305 g/mol. The highest BCUT2D eigenvalue weighted by Crippen LogP contribution is 2.22. The molecule has 2 aliphatic rings. The van der Waals surface area contributed by atoms with Gasteiger partial charge in [-0.15, -0.1) is 5.10 Å². The van der Waals surface area contributed by atoms with Crippen molar-refractivity contribution in [1.82, 2.24) is 20.8 Å². The minimum absolute atomic E-state index is 0.0122. The Balaban J connectivity index is 1.55. The van der Waals surface area contributed by atoms with Crippen molar-refractivity contribution in [2.75, 3.05) is 31.1 Å². The molecule has 1 aromatic heterocycles. The van der Waals surface area contributed by atoms with Crippen LogP contribution in [0.1, 0.15) is 19.8 Å². The van der Waals surface area contributed by atoms with Crippen molar-refractivity contribution in [3.05, 3.63) is 18.3 Å². The summed E-state index contributed by atoms with van der Waals surface area (Å²) in [5, 5.41) is 14.4. The number of nitrogens with one attached hydrogen (secondary N) is 2. The highest BCUT2D eigenvalue weighted by atomic mass is 16.5. The fraction of sp³-hybridized carbons (Fsp3) is 0.667. The summed E-state index contributed by atoms with van der Waals surface area (Å²) in [5.41, 5.74) is 0. The number of morpholine rings is 1. The minimum Gasteiger partial charge on any atom is -0.375 e. The molecule has 7 nitrogen and oxygen atoms in total. The highest BCUT2D eigenvalue weighted by molar-refractivity contribution is 5.82. The second-order valence-corrected chi connectivity index (χ2v) is 5.82. The third-order valence-electron chi connectivity index (χ3n) is 4.34. The van der Waals surface area contributed by atoms with Gasteiger partial charge in [0.2, 0.25) is 5.91 Å². The lowest BCUT2D eigenvalue weighted by molar-refractivity contribution is -0.128. The molecule has 0 aromatic carbocycles. The first kappa shape index (κ1) is 15.2. The lowest BCUT2D eigenvalue weighted by Gasteiger charge is -2.30. The molecular weight excluding hydrogens is 282 g/mol. The van der Waals surface area contributed by atoms with Gasteiger partial charge < -0.3 is 20.3 Å². The van der Waals surface area contributed by atoms with Gasteiger partial charge in [0.25, 0.3) is 0 Å². The van der Waals surface area contributed by atoms with Gasteiger partial charge in [-0.1, -0.05) is 0 Å². The zero-order valence-electron chi connectivity index (χ0n) is 12.9. The van der Waals surface area contributed by atoms with E-state index in [9.17, 15) is 4.79 Å². The number of carbonyl (C=O) groups excluding carboxylic acids is 1. The van der Waals surface area contributed by atoms with E-state index in [1.165, 1.54) is 0 Å². The number of amides is 1. The van der Waals surface area contributed by atoms with E-state index in [0.29, 0.717) is 13.2 Å². The smallest absolute Gasteiger partial charge is 0.239 e. The average Bonchev–Trinajstić information content (AvgIpc) is 3.02. The van der Waals surface area contributed by atoms with Crippen molar-refractivity contribution >= 4 is 11.7 Å². The number of aromatic nitrogens is 2. The number of carbonyl (C=O) groups is 1. The molecule has 2 saturated heterocycles. The van der Waals surface area contributed by atoms with Crippen LogP contribution in [0.5, 0.6) is 0 Å². The number of anilines is 1. The van der Waals surface area contributed by atoms with Crippen LogP contribution < -0.4 is 15.5 Å². The summed E-state index contributed by atoms with van der Waals surface area (Å²) in [6.07, 6.45) is 3.75. The van der Waals surface area contributed by atoms with Crippen LogP contribution in [-0.2, 0) is 9.53 Å². The molecule has 0 spiro atoms. The van der Waals surface area contributed by atoms with Gasteiger partial charge in [-0.05, 0) is 31.9 Å². The SMILES string of the molecule is C[C@H]1OCCN[C@@H]1C(=O)NCC1CCCN1c1cccnn1. The zero-order valence-corrected chi connectivity index (χ0v) is 12.9. The Morgan fingerprint density at radius 3 is 3.27 bits per heavy atom. The molecule has 1 aromatic rings. The number of ether oxygens (including phenoxy) is 1. The molecule has 0 bridgehead atoms. The first-order chi connectivity index (χ1) is 10.8. The van der Waals surface area contributed by atoms with Crippen LogP contribution in [0.2, 0.25) is 0 Å². The summed E-state index contributed by atoms with van der Waals surface area (Å²) in [6, 6.07) is 3.87. The van der Waals surface area contributed by atoms with E-state index >= 15 is 0 Å². The molecule has 1 unspecified atom stereocenters. The van der Waals surface area contributed by atoms with E-state index in [4.69, 9.17) is 4.74 Å². The van der Waals surface area contributed by atoms with Crippen molar-refractivity contribution in [3.8, 4) is 0 Å². The van der Waals surface area contributed by atoms with Crippen LogP contribution >= 0.6 is 0 Å². The Hall–Kier alpha value is -1.73. The number of nitrogens with zero attached hydrogens (tertiary/aromatic N) is 3. The van der Waals surface area contributed by atoms with Crippen LogP contribution in [0, 0.1) is 0 Å². The summed E-state index contributed by atoms with van der Waals surface area (Å²) in [4.78, 5) is 14.5. The third-order valence-corrected chi connectivity index (χ3v) is 4.34. The topological polar surface area (TPSA) is 79.4 Å². The molecule has 2 aliphatic heterocycles. The Labute approximate surface area is 130 Å². The first-order valence-corrected chi connectivity index (χ1v) is 7.93. The molecule has 120 valence electrons. The molecule has 7 heteroatoms. The number of hydrogen-bond acceptors (Lipinski definition) is 6. The van der Waals surface area contributed by atoms with Gasteiger partial charge in [0.15, 0.2) is 5.82 Å². The van der Waals surface area contributed by atoms with Crippen molar-refractivity contribution in [3.63, 3.8) is 0 Å². The standard InChI is InChI=1S/C15H23N5O2/c1-11-14(16-7-9-22-11)15(21)17-10-12-4-3-8-20(12)13-5-2-6-18-19-13/h2,5-6,11-12,14,16H,3-4,7-10H2,1H3,(H,17,21)/t11-,12?,14+/m1/s1. The van der Waals surface area contributed by atoms with E-state index in [1.807, 2.05) is 19.1 Å². The lowest BCUT2D eigenvalue weighted by atomic mass is 10.1. The number of hydrogen-bond donors (Lipinski definition) is 2. The summed E-state index contributed by atoms with van der Waals surface area (Å²) >= 11 is 0. The fourth-order valence-electron chi connectivity index (χ4n) is 3.15. The van der Waals surface area contributed by atoms with E-state index < -0.39 is 0 Å². The first-order valence-electron chi connectivity index (χ1n) is 7.93. The van der Waals surface area contributed by atoms with Crippen LogP contribution in [0.25, 0.3) is 0 Å². The molecule has 3 heterocycles. The molecule has 3 atom stereocenters. The Kier molecular flexibility index (Phi) is 4.84.